The van der Waals surface area contributed by atoms with Gasteiger partial charge in [0, 0.05) is 59.1 Å². The van der Waals surface area contributed by atoms with Crippen LogP contribution >= 0.6 is 0 Å². The molecule has 1 atom stereocenters. The molecule has 32 heavy (non-hydrogen) atoms. The van der Waals surface area contributed by atoms with Gasteiger partial charge in [0.2, 0.25) is 0 Å². The topological polar surface area (TPSA) is 67.9 Å². The Bertz CT molecular complexity index is 862. The molecule has 0 saturated carbocycles. The minimum atomic E-state index is -0.582. The number of amides is 2. The second-order valence-electron chi connectivity index (χ2n) is 8.54. The van der Waals surface area contributed by atoms with Crippen molar-refractivity contribution in [2.75, 3.05) is 65.3 Å². The standard InChI is InChI=1S/C25H35N5O2/c1-28(2)22-11-9-21(10-12-22)23(30-17-15-29(3)16-18-30)19-27-25(32)24(31)26-14-13-20-7-5-4-6-8-20/h4-12,23H,13-19H2,1-3H3,(H,26,31)(H,27,32)/t23-/m0/s1. The molecule has 2 amide bonds. The van der Waals surface area contributed by atoms with E-state index < -0.39 is 11.8 Å². The Labute approximate surface area is 191 Å². The Kier molecular flexibility index (Phi) is 8.64. The zero-order chi connectivity index (χ0) is 22.9. The molecule has 7 heteroatoms. The van der Waals surface area contributed by atoms with Gasteiger partial charge in [-0.15, -0.1) is 0 Å². The van der Waals surface area contributed by atoms with E-state index in [1.807, 2.05) is 44.4 Å². The van der Waals surface area contributed by atoms with Crippen LogP contribution in [0.4, 0.5) is 5.69 Å². The van der Waals surface area contributed by atoms with Crippen molar-refractivity contribution in [2.45, 2.75) is 12.5 Å². The van der Waals surface area contributed by atoms with Gasteiger partial charge in [-0.3, -0.25) is 14.5 Å². The summed E-state index contributed by atoms with van der Waals surface area (Å²) in [6, 6.07) is 18.4. The van der Waals surface area contributed by atoms with Crippen molar-refractivity contribution in [3.8, 4) is 0 Å². The molecule has 1 heterocycles. The summed E-state index contributed by atoms with van der Waals surface area (Å²) in [6.45, 7) is 4.66. The van der Waals surface area contributed by atoms with Gasteiger partial charge in [0.05, 0.1) is 6.04 Å². The predicted octanol–water partition coefficient (Wildman–Crippen LogP) is 1.52. The smallest absolute Gasteiger partial charge is 0.309 e. The number of hydrogen-bond acceptors (Lipinski definition) is 5. The zero-order valence-electron chi connectivity index (χ0n) is 19.4. The van der Waals surface area contributed by atoms with Gasteiger partial charge in [-0.1, -0.05) is 42.5 Å². The lowest BCUT2D eigenvalue weighted by Gasteiger charge is -2.38. The Morgan fingerprint density at radius 1 is 0.906 bits per heavy atom. The van der Waals surface area contributed by atoms with Gasteiger partial charge in [-0.25, -0.2) is 0 Å². The fourth-order valence-electron chi connectivity index (χ4n) is 3.90. The molecule has 0 aromatic heterocycles. The van der Waals surface area contributed by atoms with E-state index in [0.29, 0.717) is 19.5 Å². The molecule has 0 bridgehead atoms. The number of piperazine rings is 1. The van der Waals surface area contributed by atoms with Crippen LogP contribution in [0.5, 0.6) is 0 Å². The van der Waals surface area contributed by atoms with E-state index in [2.05, 4.69) is 56.6 Å². The summed E-state index contributed by atoms with van der Waals surface area (Å²) in [6.07, 6.45) is 0.696. The molecular weight excluding hydrogens is 402 g/mol. The van der Waals surface area contributed by atoms with Gasteiger partial charge in [-0.2, -0.15) is 0 Å². The van der Waals surface area contributed by atoms with Crippen molar-refractivity contribution in [1.82, 2.24) is 20.4 Å². The van der Waals surface area contributed by atoms with Crippen molar-refractivity contribution in [3.63, 3.8) is 0 Å². The molecule has 1 fully saturated rings. The van der Waals surface area contributed by atoms with Crippen LogP contribution in [0.25, 0.3) is 0 Å². The minimum Gasteiger partial charge on any atom is -0.378 e. The average Bonchev–Trinajstić information content (AvgIpc) is 2.81. The van der Waals surface area contributed by atoms with Crippen molar-refractivity contribution in [2.24, 2.45) is 0 Å². The van der Waals surface area contributed by atoms with Gasteiger partial charge in [0.25, 0.3) is 0 Å². The van der Waals surface area contributed by atoms with E-state index in [1.165, 1.54) is 0 Å². The molecule has 7 nitrogen and oxygen atoms in total. The maximum Gasteiger partial charge on any atom is 0.309 e. The van der Waals surface area contributed by atoms with E-state index in [1.54, 1.807) is 0 Å². The average molecular weight is 438 g/mol. The molecule has 2 aromatic rings. The van der Waals surface area contributed by atoms with Crippen LogP contribution in [-0.2, 0) is 16.0 Å². The molecule has 1 saturated heterocycles. The fourth-order valence-corrected chi connectivity index (χ4v) is 3.90. The first-order valence-electron chi connectivity index (χ1n) is 11.2. The lowest BCUT2D eigenvalue weighted by atomic mass is 10.0. The third-order valence-electron chi connectivity index (χ3n) is 5.98. The second-order valence-corrected chi connectivity index (χ2v) is 8.54. The van der Waals surface area contributed by atoms with Crippen LogP contribution in [0.15, 0.2) is 54.6 Å². The van der Waals surface area contributed by atoms with Crippen LogP contribution in [-0.4, -0.2) is 82.0 Å². The molecule has 172 valence electrons. The third-order valence-corrected chi connectivity index (χ3v) is 5.98. The van der Waals surface area contributed by atoms with Gasteiger partial charge in [0.15, 0.2) is 0 Å². The normalized spacial score (nSPS) is 15.7. The summed E-state index contributed by atoms with van der Waals surface area (Å²) in [7, 11) is 6.16. The number of likely N-dealkylation sites (N-methyl/N-ethyl adjacent to an activating group) is 1. The van der Waals surface area contributed by atoms with Crippen LogP contribution in [0.2, 0.25) is 0 Å². The first-order valence-corrected chi connectivity index (χ1v) is 11.2. The molecule has 2 aromatic carbocycles. The highest BCUT2D eigenvalue weighted by Crippen LogP contribution is 2.24. The van der Waals surface area contributed by atoms with Crippen LogP contribution in [0.3, 0.4) is 0 Å². The number of benzene rings is 2. The summed E-state index contributed by atoms with van der Waals surface area (Å²) in [4.78, 5) is 31.5. The molecule has 1 aliphatic rings. The monoisotopic (exact) mass is 437 g/mol. The van der Waals surface area contributed by atoms with E-state index in [9.17, 15) is 9.59 Å². The Morgan fingerprint density at radius 3 is 2.16 bits per heavy atom. The molecule has 2 N–H and O–H groups in total. The number of nitrogens with one attached hydrogen (secondary N) is 2. The lowest BCUT2D eigenvalue weighted by Crippen LogP contribution is -2.49. The molecule has 0 unspecified atom stereocenters. The summed E-state index contributed by atoms with van der Waals surface area (Å²) >= 11 is 0. The number of anilines is 1. The van der Waals surface area contributed by atoms with Crippen molar-refractivity contribution < 1.29 is 9.59 Å². The van der Waals surface area contributed by atoms with E-state index in [4.69, 9.17) is 0 Å². The molecule has 3 rings (SSSR count). The molecule has 1 aliphatic heterocycles. The highest BCUT2D eigenvalue weighted by molar-refractivity contribution is 6.35. The predicted molar refractivity (Wildman–Crippen MR) is 129 cm³/mol. The minimum absolute atomic E-state index is 0.0287. The Balaban J connectivity index is 1.57. The summed E-state index contributed by atoms with van der Waals surface area (Å²) in [5.74, 6) is -1.16. The highest BCUT2D eigenvalue weighted by Gasteiger charge is 2.25. The number of hydrogen-bond donors (Lipinski definition) is 2. The fraction of sp³-hybridized carbons (Fsp3) is 0.440. The maximum atomic E-state index is 12.4. The molecule has 0 spiro atoms. The SMILES string of the molecule is CN1CCN([C@@H](CNC(=O)C(=O)NCCc2ccccc2)c2ccc(N(C)C)cc2)CC1. The van der Waals surface area contributed by atoms with Crippen LogP contribution in [0, 0.1) is 0 Å². The maximum absolute atomic E-state index is 12.4. The Morgan fingerprint density at radius 2 is 1.53 bits per heavy atom. The quantitative estimate of drug-likeness (QED) is 0.613. The van der Waals surface area contributed by atoms with Crippen LogP contribution in [0.1, 0.15) is 17.2 Å². The van der Waals surface area contributed by atoms with E-state index >= 15 is 0 Å². The lowest BCUT2D eigenvalue weighted by molar-refractivity contribution is -0.139. The second kappa shape index (κ2) is 11.6. The first-order chi connectivity index (χ1) is 15.4. The van der Waals surface area contributed by atoms with Gasteiger partial charge in [0.1, 0.15) is 0 Å². The van der Waals surface area contributed by atoms with Crippen molar-refractivity contribution in [1.29, 1.82) is 0 Å². The third kappa shape index (κ3) is 6.80. The summed E-state index contributed by atoms with van der Waals surface area (Å²) in [5, 5.41) is 5.58. The summed E-state index contributed by atoms with van der Waals surface area (Å²) < 4.78 is 0. The van der Waals surface area contributed by atoms with Crippen molar-refractivity contribution in [3.05, 3.63) is 65.7 Å². The van der Waals surface area contributed by atoms with Gasteiger partial charge < -0.3 is 20.4 Å². The number of rotatable bonds is 8. The zero-order valence-corrected chi connectivity index (χ0v) is 19.4. The van der Waals surface area contributed by atoms with Crippen molar-refractivity contribution >= 4 is 17.5 Å². The van der Waals surface area contributed by atoms with E-state index in [-0.39, 0.29) is 6.04 Å². The molecular formula is C25H35N5O2. The summed E-state index contributed by atoms with van der Waals surface area (Å²) in [5.41, 5.74) is 3.40. The largest absolute Gasteiger partial charge is 0.378 e. The van der Waals surface area contributed by atoms with Gasteiger partial charge >= 0.3 is 11.8 Å². The van der Waals surface area contributed by atoms with Crippen LogP contribution < -0.4 is 15.5 Å². The number of carbonyl (C=O) groups is 2. The van der Waals surface area contributed by atoms with E-state index in [0.717, 1.165) is 43.0 Å². The number of carbonyl (C=O) groups excluding carboxylic acids is 2. The molecule has 0 aliphatic carbocycles. The first kappa shape index (κ1) is 23.8. The highest BCUT2D eigenvalue weighted by atomic mass is 16.2. The molecule has 0 radical (unpaired) electrons. The van der Waals surface area contributed by atoms with Gasteiger partial charge in [-0.05, 0) is 36.7 Å². The number of nitrogens with zero attached hydrogens (tertiary/aromatic N) is 3. The Hall–Kier alpha value is -2.90.